The van der Waals surface area contributed by atoms with Gasteiger partial charge in [-0.05, 0) is 67.7 Å². The summed E-state index contributed by atoms with van der Waals surface area (Å²) in [5, 5.41) is 16.9. The van der Waals surface area contributed by atoms with E-state index in [9.17, 15) is 14.7 Å². The molecule has 4 rings (SSSR count). The lowest BCUT2D eigenvalue weighted by Gasteiger charge is -2.31. The smallest absolute Gasteiger partial charge is 0.332 e. The SMILES string of the molecule is CC(C(=O)Nc1c2c(cc3c1CCC3)CCC2)C(C)(C(=O)O)n1cncn1. The van der Waals surface area contributed by atoms with Gasteiger partial charge in [0.2, 0.25) is 5.91 Å². The van der Waals surface area contributed by atoms with Crippen LogP contribution in [-0.2, 0) is 40.8 Å². The number of rotatable bonds is 5. The summed E-state index contributed by atoms with van der Waals surface area (Å²) in [5.74, 6) is -2.24. The first-order valence-corrected chi connectivity index (χ1v) is 9.48. The number of aromatic nitrogens is 3. The van der Waals surface area contributed by atoms with Crippen molar-refractivity contribution in [3.05, 3.63) is 41.0 Å². The maximum absolute atomic E-state index is 13.1. The molecule has 0 aliphatic heterocycles. The van der Waals surface area contributed by atoms with Crippen LogP contribution in [0, 0.1) is 5.92 Å². The monoisotopic (exact) mass is 368 g/mol. The third kappa shape index (κ3) is 2.72. The van der Waals surface area contributed by atoms with Gasteiger partial charge in [-0.15, -0.1) is 0 Å². The number of carboxylic acid groups (broad SMARTS) is 1. The van der Waals surface area contributed by atoms with Crippen molar-refractivity contribution in [2.45, 2.75) is 57.9 Å². The van der Waals surface area contributed by atoms with Crippen LogP contribution in [0.4, 0.5) is 5.69 Å². The highest BCUT2D eigenvalue weighted by atomic mass is 16.4. The molecular weight excluding hydrogens is 344 g/mol. The summed E-state index contributed by atoms with van der Waals surface area (Å²) in [6, 6.07) is 2.31. The van der Waals surface area contributed by atoms with Crippen molar-refractivity contribution in [1.82, 2.24) is 14.8 Å². The Bertz CT molecular complexity index is 874. The van der Waals surface area contributed by atoms with Gasteiger partial charge in [-0.2, -0.15) is 5.10 Å². The average Bonchev–Trinajstić information content (AvgIpc) is 3.39. The molecule has 1 aromatic heterocycles. The Hall–Kier alpha value is -2.70. The number of carbonyl (C=O) groups is 2. The average molecular weight is 368 g/mol. The second kappa shape index (κ2) is 6.48. The molecule has 0 spiro atoms. The molecule has 7 nitrogen and oxygen atoms in total. The number of aliphatic carboxylic acids is 1. The highest BCUT2D eigenvalue weighted by Crippen LogP contribution is 2.39. The Morgan fingerprint density at radius 3 is 2.33 bits per heavy atom. The number of nitrogens with zero attached hydrogens (tertiary/aromatic N) is 3. The minimum atomic E-state index is -1.51. The number of nitrogens with one attached hydrogen (secondary N) is 1. The minimum absolute atomic E-state index is 0.301. The molecule has 2 aromatic rings. The largest absolute Gasteiger partial charge is 0.479 e. The van der Waals surface area contributed by atoms with E-state index in [1.807, 2.05) is 0 Å². The third-order valence-corrected chi connectivity index (χ3v) is 6.29. The van der Waals surface area contributed by atoms with Gasteiger partial charge >= 0.3 is 5.97 Å². The summed E-state index contributed by atoms with van der Waals surface area (Å²) in [5.41, 5.74) is 4.54. The molecule has 27 heavy (non-hydrogen) atoms. The van der Waals surface area contributed by atoms with Crippen molar-refractivity contribution in [2.24, 2.45) is 5.92 Å². The molecule has 0 bridgehead atoms. The van der Waals surface area contributed by atoms with Crippen molar-refractivity contribution in [3.8, 4) is 0 Å². The van der Waals surface area contributed by atoms with Gasteiger partial charge in [0.25, 0.3) is 0 Å². The normalized spacial score (nSPS) is 18.4. The summed E-state index contributed by atoms with van der Waals surface area (Å²) in [4.78, 5) is 29.0. The molecule has 0 fully saturated rings. The lowest BCUT2D eigenvalue weighted by atomic mass is 9.86. The lowest BCUT2D eigenvalue weighted by molar-refractivity contribution is -0.152. The summed E-state index contributed by atoms with van der Waals surface area (Å²) >= 11 is 0. The van der Waals surface area contributed by atoms with Crippen molar-refractivity contribution in [3.63, 3.8) is 0 Å². The molecule has 2 aliphatic rings. The summed E-state index contributed by atoms with van der Waals surface area (Å²) in [6.45, 7) is 3.14. The Kier molecular flexibility index (Phi) is 4.25. The number of amides is 1. The van der Waals surface area contributed by atoms with Gasteiger partial charge in [0.05, 0.1) is 5.92 Å². The third-order valence-electron chi connectivity index (χ3n) is 6.29. The summed E-state index contributed by atoms with van der Waals surface area (Å²) in [6.07, 6.45) is 8.85. The van der Waals surface area contributed by atoms with Gasteiger partial charge in [0, 0.05) is 5.69 Å². The van der Waals surface area contributed by atoms with E-state index in [0.29, 0.717) is 0 Å². The van der Waals surface area contributed by atoms with Gasteiger partial charge < -0.3 is 10.4 Å². The van der Waals surface area contributed by atoms with Gasteiger partial charge in [-0.3, -0.25) is 4.79 Å². The van der Waals surface area contributed by atoms with Crippen molar-refractivity contribution < 1.29 is 14.7 Å². The van der Waals surface area contributed by atoms with Crippen LogP contribution >= 0.6 is 0 Å². The fourth-order valence-corrected chi connectivity index (χ4v) is 4.38. The molecule has 1 aromatic carbocycles. The summed E-state index contributed by atoms with van der Waals surface area (Å²) < 4.78 is 1.25. The number of carboxylic acids is 1. The van der Waals surface area contributed by atoms with E-state index in [-0.39, 0.29) is 5.91 Å². The van der Waals surface area contributed by atoms with Crippen LogP contribution in [0.1, 0.15) is 48.9 Å². The van der Waals surface area contributed by atoms with E-state index >= 15 is 0 Å². The topological polar surface area (TPSA) is 97.1 Å². The van der Waals surface area contributed by atoms with Crippen LogP contribution in [0.15, 0.2) is 18.7 Å². The number of hydrogen-bond acceptors (Lipinski definition) is 4. The fraction of sp³-hybridized carbons (Fsp3) is 0.500. The zero-order valence-corrected chi connectivity index (χ0v) is 15.7. The Labute approximate surface area is 157 Å². The highest BCUT2D eigenvalue weighted by Gasteiger charge is 2.46. The highest BCUT2D eigenvalue weighted by molar-refractivity contribution is 5.98. The van der Waals surface area contributed by atoms with Crippen LogP contribution in [0.25, 0.3) is 0 Å². The van der Waals surface area contributed by atoms with Gasteiger partial charge in [-0.25, -0.2) is 14.5 Å². The molecule has 0 radical (unpaired) electrons. The first kappa shape index (κ1) is 17.7. The number of anilines is 1. The molecule has 0 saturated heterocycles. The molecule has 2 aliphatic carbocycles. The molecule has 1 amide bonds. The predicted octanol–water partition coefficient (Wildman–Crippen LogP) is 2.33. The quantitative estimate of drug-likeness (QED) is 0.844. The van der Waals surface area contributed by atoms with Crippen molar-refractivity contribution in [2.75, 3.05) is 5.32 Å². The lowest BCUT2D eigenvalue weighted by Crippen LogP contribution is -2.49. The second-order valence-corrected chi connectivity index (χ2v) is 7.74. The van der Waals surface area contributed by atoms with Crippen LogP contribution in [-0.4, -0.2) is 31.7 Å². The van der Waals surface area contributed by atoms with Gasteiger partial charge in [0.1, 0.15) is 12.7 Å². The van der Waals surface area contributed by atoms with Crippen LogP contribution in [0.3, 0.4) is 0 Å². The van der Waals surface area contributed by atoms with Gasteiger partial charge in [-0.1, -0.05) is 13.0 Å². The van der Waals surface area contributed by atoms with Crippen LogP contribution in [0.2, 0.25) is 0 Å². The molecule has 7 heteroatoms. The Morgan fingerprint density at radius 1 is 1.19 bits per heavy atom. The Balaban J connectivity index is 1.68. The van der Waals surface area contributed by atoms with Crippen LogP contribution < -0.4 is 5.32 Å². The van der Waals surface area contributed by atoms with E-state index in [4.69, 9.17) is 0 Å². The number of aryl methyl sites for hydroxylation is 2. The van der Waals surface area contributed by atoms with E-state index in [1.54, 1.807) is 6.92 Å². The zero-order chi connectivity index (χ0) is 19.2. The van der Waals surface area contributed by atoms with Crippen LogP contribution in [0.5, 0.6) is 0 Å². The predicted molar refractivity (Wildman–Crippen MR) is 99.6 cm³/mol. The fourth-order valence-electron chi connectivity index (χ4n) is 4.38. The molecule has 2 unspecified atom stereocenters. The maximum Gasteiger partial charge on any atom is 0.332 e. The number of hydrogen-bond donors (Lipinski definition) is 2. The number of benzene rings is 1. The van der Waals surface area contributed by atoms with Crippen molar-refractivity contribution in [1.29, 1.82) is 0 Å². The van der Waals surface area contributed by atoms with E-state index < -0.39 is 17.4 Å². The molecular formula is C20H24N4O3. The van der Waals surface area contributed by atoms with E-state index in [0.717, 1.165) is 44.2 Å². The molecule has 0 saturated carbocycles. The molecule has 1 heterocycles. The standard InChI is InChI=1S/C20H24N4O3/c1-12(20(2,19(26)27)24-11-21-10-22-24)18(25)23-17-15-7-3-5-13(15)9-14-6-4-8-16(14)17/h9-12H,3-8H2,1-2H3,(H,23,25)(H,26,27). The maximum atomic E-state index is 13.1. The van der Waals surface area contributed by atoms with E-state index in [1.165, 1.54) is 46.5 Å². The number of fused-ring (bicyclic) bond motifs is 2. The minimum Gasteiger partial charge on any atom is -0.479 e. The molecule has 2 atom stereocenters. The molecule has 2 N–H and O–H groups in total. The first-order chi connectivity index (χ1) is 12.9. The van der Waals surface area contributed by atoms with Gasteiger partial charge in [0.15, 0.2) is 5.54 Å². The Morgan fingerprint density at radius 2 is 1.81 bits per heavy atom. The number of carbonyl (C=O) groups excluding carboxylic acids is 1. The second-order valence-electron chi connectivity index (χ2n) is 7.74. The summed E-state index contributed by atoms with van der Waals surface area (Å²) in [7, 11) is 0. The zero-order valence-electron chi connectivity index (χ0n) is 15.7. The van der Waals surface area contributed by atoms with Crippen molar-refractivity contribution >= 4 is 17.6 Å². The molecule has 142 valence electrons. The first-order valence-electron chi connectivity index (χ1n) is 9.48. The van der Waals surface area contributed by atoms with E-state index in [2.05, 4.69) is 21.5 Å².